The highest BCUT2D eigenvalue weighted by Gasteiger charge is 2.30. The van der Waals surface area contributed by atoms with Crippen molar-refractivity contribution in [2.75, 3.05) is 6.54 Å². The standard InChI is InChI=1S/C14H20N2O/c1-3-10(2)13-14(17)16-12(9-15-13)11-7-5-4-6-8-11/h4-8,10,12-13,15H,3,9H2,1-2H3,(H,16,17)/t10-,12-,13+/m1/s1. The molecule has 0 saturated carbocycles. The van der Waals surface area contributed by atoms with Gasteiger partial charge in [0.05, 0.1) is 12.1 Å². The highest BCUT2D eigenvalue weighted by molar-refractivity contribution is 5.83. The average molecular weight is 232 g/mol. The largest absolute Gasteiger partial charge is 0.347 e. The van der Waals surface area contributed by atoms with Gasteiger partial charge in [-0.25, -0.2) is 0 Å². The lowest BCUT2D eigenvalue weighted by Gasteiger charge is -2.33. The molecular formula is C14H20N2O. The summed E-state index contributed by atoms with van der Waals surface area (Å²) >= 11 is 0. The summed E-state index contributed by atoms with van der Waals surface area (Å²) in [5.41, 5.74) is 1.16. The molecule has 3 nitrogen and oxygen atoms in total. The summed E-state index contributed by atoms with van der Waals surface area (Å²) in [7, 11) is 0. The van der Waals surface area contributed by atoms with Crippen LogP contribution in [0, 0.1) is 5.92 Å². The van der Waals surface area contributed by atoms with Crippen LogP contribution in [0.1, 0.15) is 31.9 Å². The fourth-order valence-electron chi connectivity index (χ4n) is 2.23. The van der Waals surface area contributed by atoms with E-state index in [2.05, 4.69) is 36.6 Å². The van der Waals surface area contributed by atoms with Gasteiger partial charge < -0.3 is 10.6 Å². The van der Waals surface area contributed by atoms with Gasteiger partial charge in [-0.05, 0) is 11.5 Å². The Bertz CT molecular complexity index is 377. The SMILES string of the molecule is CC[C@@H](C)[C@@H]1NC[C@H](c2ccccc2)NC1=O. The Balaban J connectivity index is 2.03. The average Bonchev–Trinajstić information content (AvgIpc) is 2.39. The van der Waals surface area contributed by atoms with Crippen LogP contribution >= 0.6 is 0 Å². The molecule has 1 aliphatic rings. The van der Waals surface area contributed by atoms with Gasteiger partial charge in [-0.2, -0.15) is 0 Å². The molecule has 0 aromatic heterocycles. The Morgan fingerprint density at radius 2 is 2.06 bits per heavy atom. The van der Waals surface area contributed by atoms with Crippen molar-refractivity contribution >= 4 is 5.91 Å². The van der Waals surface area contributed by atoms with Crippen LogP contribution in [0.15, 0.2) is 30.3 Å². The Kier molecular flexibility index (Phi) is 3.79. The zero-order valence-corrected chi connectivity index (χ0v) is 10.4. The summed E-state index contributed by atoms with van der Waals surface area (Å²) in [4.78, 5) is 12.0. The Morgan fingerprint density at radius 1 is 1.35 bits per heavy atom. The lowest BCUT2D eigenvalue weighted by atomic mass is 9.94. The van der Waals surface area contributed by atoms with Crippen molar-refractivity contribution in [3.8, 4) is 0 Å². The van der Waals surface area contributed by atoms with Crippen molar-refractivity contribution in [1.82, 2.24) is 10.6 Å². The van der Waals surface area contributed by atoms with Gasteiger partial charge in [0.25, 0.3) is 0 Å². The summed E-state index contributed by atoms with van der Waals surface area (Å²) < 4.78 is 0. The van der Waals surface area contributed by atoms with Crippen molar-refractivity contribution in [1.29, 1.82) is 0 Å². The number of benzene rings is 1. The van der Waals surface area contributed by atoms with E-state index >= 15 is 0 Å². The number of nitrogens with one attached hydrogen (secondary N) is 2. The number of carbonyl (C=O) groups is 1. The molecule has 0 unspecified atom stereocenters. The maximum atomic E-state index is 12.0. The zero-order valence-electron chi connectivity index (χ0n) is 10.4. The topological polar surface area (TPSA) is 41.1 Å². The smallest absolute Gasteiger partial charge is 0.237 e. The van der Waals surface area contributed by atoms with Crippen molar-refractivity contribution in [3.63, 3.8) is 0 Å². The van der Waals surface area contributed by atoms with Gasteiger partial charge in [-0.1, -0.05) is 50.6 Å². The predicted molar refractivity (Wildman–Crippen MR) is 68.6 cm³/mol. The van der Waals surface area contributed by atoms with Gasteiger partial charge in [-0.15, -0.1) is 0 Å². The van der Waals surface area contributed by atoms with E-state index in [1.54, 1.807) is 0 Å². The molecule has 1 fully saturated rings. The molecule has 1 heterocycles. The first kappa shape index (κ1) is 12.1. The summed E-state index contributed by atoms with van der Waals surface area (Å²) in [6.07, 6.45) is 1.01. The molecule has 1 saturated heterocycles. The summed E-state index contributed by atoms with van der Waals surface area (Å²) in [5.74, 6) is 0.506. The molecule has 3 atom stereocenters. The number of amides is 1. The molecule has 0 bridgehead atoms. The van der Waals surface area contributed by atoms with E-state index in [0.29, 0.717) is 5.92 Å². The fourth-order valence-corrected chi connectivity index (χ4v) is 2.23. The monoisotopic (exact) mass is 232 g/mol. The van der Waals surface area contributed by atoms with Crippen LogP contribution in [0.4, 0.5) is 0 Å². The molecule has 2 N–H and O–H groups in total. The number of rotatable bonds is 3. The Morgan fingerprint density at radius 3 is 2.65 bits per heavy atom. The molecule has 3 heteroatoms. The molecule has 1 aromatic carbocycles. The lowest BCUT2D eigenvalue weighted by Crippen LogP contribution is -2.56. The number of hydrogen-bond donors (Lipinski definition) is 2. The van der Waals surface area contributed by atoms with Crippen LogP contribution in [0.25, 0.3) is 0 Å². The predicted octanol–water partition coefficient (Wildman–Crippen LogP) is 1.86. The first-order valence-corrected chi connectivity index (χ1v) is 6.31. The highest BCUT2D eigenvalue weighted by Crippen LogP contribution is 2.18. The Hall–Kier alpha value is -1.35. The van der Waals surface area contributed by atoms with Crippen molar-refractivity contribution < 1.29 is 4.79 Å². The summed E-state index contributed by atoms with van der Waals surface area (Å²) in [5, 5.41) is 6.45. The normalized spacial score (nSPS) is 26.4. The minimum Gasteiger partial charge on any atom is -0.347 e. The van der Waals surface area contributed by atoms with Gasteiger partial charge in [0.15, 0.2) is 0 Å². The lowest BCUT2D eigenvalue weighted by molar-refractivity contribution is -0.126. The van der Waals surface area contributed by atoms with E-state index < -0.39 is 0 Å². The van der Waals surface area contributed by atoms with Crippen molar-refractivity contribution in [2.45, 2.75) is 32.4 Å². The van der Waals surface area contributed by atoms with E-state index in [1.165, 1.54) is 0 Å². The number of hydrogen-bond acceptors (Lipinski definition) is 2. The van der Waals surface area contributed by atoms with Crippen LogP contribution in [0.2, 0.25) is 0 Å². The minimum atomic E-state index is -0.0417. The molecule has 1 aromatic rings. The minimum absolute atomic E-state index is 0.0417. The summed E-state index contributed by atoms with van der Waals surface area (Å²) in [6.45, 7) is 5.04. The van der Waals surface area contributed by atoms with Crippen molar-refractivity contribution in [3.05, 3.63) is 35.9 Å². The molecule has 2 rings (SSSR count). The highest BCUT2D eigenvalue weighted by atomic mass is 16.2. The van der Waals surface area contributed by atoms with Gasteiger partial charge in [0.2, 0.25) is 5.91 Å². The molecule has 1 aliphatic heterocycles. The third-order valence-corrected chi connectivity index (χ3v) is 3.56. The van der Waals surface area contributed by atoms with Gasteiger partial charge in [0, 0.05) is 6.54 Å². The second-order valence-electron chi connectivity index (χ2n) is 4.74. The maximum Gasteiger partial charge on any atom is 0.237 e. The first-order valence-electron chi connectivity index (χ1n) is 6.31. The van der Waals surface area contributed by atoms with Gasteiger partial charge >= 0.3 is 0 Å². The van der Waals surface area contributed by atoms with Crippen LogP contribution in [0.5, 0.6) is 0 Å². The molecule has 0 spiro atoms. The fraction of sp³-hybridized carbons (Fsp3) is 0.500. The quantitative estimate of drug-likeness (QED) is 0.835. The molecular weight excluding hydrogens is 212 g/mol. The van der Waals surface area contributed by atoms with E-state index in [4.69, 9.17) is 0 Å². The molecule has 1 amide bonds. The van der Waals surface area contributed by atoms with Gasteiger partial charge in [-0.3, -0.25) is 4.79 Å². The second-order valence-corrected chi connectivity index (χ2v) is 4.74. The zero-order chi connectivity index (χ0) is 12.3. The first-order chi connectivity index (χ1) is 8.22. The van der Waals surface area contributed by atoms with E-state index in [9.17, 15) is 4.79 Å². The maximum absolute atomic E-state index is 12.0. The van der Waals surface area contributed by atoms with Crippen molar-refractivity contribution in [2.24, 2.45) is 5.92 Å². The third kappa shape index (κ3) is 2.67. The third-order valence-electron chi connectivity index (χ3n) is 3.56. The molecule has 17 heavy (non-hydrogen) atoms. The molecule has 0 radical (unpaired) electrons. The number of carbonyl (C=O) groups excluding carboxylic acids is 1. The summed E-state index contributed by atoms with van der Waals surface area (Å²) in [6, 6.07) is 10.2. The Labute approximate surface area is 103 Å². The second kappa shape index (κ2) is 5.32. The van der Waals surface area contributed by atoms with Crippen LogP contribution in [-0.4, -0.2) is 18.5 Å². The molecule has 0 aliphatic carbocycles. The van der Waals surface area contributed by atoms with E-state index in [1.807, 2.05) is 18.2 Å². The number of piperazine rings is 1. The van der Waals surface area contributed by atoms with E-state index in [-0.39, 0.29) is 18.0 Å². The van der Waals surface area contributed by atoms with Gasteiger partial charge in [0.1, 0.15) is 0 Å². The van der Waals surface area contributed by atoms with Crippen LogP contribution in [-0.2, 0) is 4.79 Å². The van der Waals surface area contributed by atoms with Crippen LogP contribution < -0.4 is 10.6 Å². The van der Waals surface area contributed by atoms with Crippen LogP contribution in [0.3, 0.4) is 0 Å². The molecule has 92 valence electrons. The van der Waals surface area contributed by atoms with E-state index in [0.717, 1.165) is 18.5 Å².